The van der Waals surface area contributed by atoms with Crippen LogP contribution in [-0.2, 0) is 0 Å². The summed E-state index contributed by atoms with van der Waals surface area (Å²) in [6, 6.07) is 8.02. The van der Waals surface area contributed by atoms with E-state index >= 15 is 0 Å². The van der Waals surface area contributed by atoms with Crippen LogP contribution in [0.4, 0.5) is 5.69 Å². The van der Waals surface area contributed by atoms with Gasteiger partial charge in [-0.15, -0.1) is 0 Å². The zero-order valence-corrected chi connectivity index (χ0v) is 13.0. The lowest BCUT2D eigenvalue weighted by Gasteiger charge is -2.45. The van der Waals surface area contributed by atoms with Gasteiger partial charge in [0, 0.05) is 10.7 Å². The minimum absolute atomic E-state index is 0.0975. The van der Waals surface area contributed by atoms with Crippen molar-refractivity contribution in [1.29, 1.82) is 0 Å². The van der Waals surface area contributed by atoms with Crippen LogP contribution in [0, 0.1) is 11.8 Å². The molecule has 2 atom stereocenters. The fraction of sp³-hybridized carbons (Fsp3) is 0.588. The predicted octanol–water partition coefficient (Wildman–Crippen LogP) is 3.81. The molecule has 4 heteroatoms. The molecule has 0 radical (unpaired) electrons. The fourth-order valence-electron chi connectivity index (χ4n) is 4.34. The van der Waals surface area contributed by atoms with Crippen molar-refractivity contribution >= 4 is 23.2 Å². The van der Waals surface area contributed by atoms with Crippen molar-refractivity contribution < 1.29 is 0 Å². The van der Waals surface area contributed by atoms with E-state index in [9.17, 15) is 0 Å². The molecule has 2 aliphatic carbocycles. The molecule has 112 valence electrons. The molecule has 2 N–H and O–H groups in total. The highest BCUT2D eigenvalue weighted by Gasteiger charge is 2.48. The van der Waals surface area contributed by atoms with E-state index in [0.717, 1.165) is 29.1 Å². The van der Waals surface area contributed by atoms with Crippen molar-refractivity contribution in [2.75, 3.05) is 11.4 Å². The van der Waals surface area contributed by atoms with Crippen molar-refractivity contribution in [3.8, 4) is 0 Å². The minimum Gasteiger partial charge on any atom is -0.369 e. The normalized spacial score (nSPS) is 32.5. The molecule has 1 aromatic carbocycles. The maximum Gasteiger partial charge on any atom is 0.196 e. The van der Waals surface area contributed by atoms with Gasteiger partial charge in [0.25, 0.3) is 0 Å². The monoisotopic (exact) mass is 303 g/mol. The lowest BCUT2D eigenvalue weighted by molar-refractivity contribution is 0.219. The lowest BCUT2D eigenvalue weighted by Crippen LogP contribution is -2.54. The van der Waals surface area contributed by atoms with E-state index in [-0.39, 0.29) is 5.54 Å². The number of anilines is 1. The highest BCUT2D eigenvalue weighted by Crippen LogP contribution is 2.50. The summed E-state index contributed by atoms with van der Waals surface area (Å²) in [5.41, 5.74) is 7.43. The summed E-state index contributed by atoms with van der Waals surface area (Å²) in [4.78, 5) is 6.86. The smallest absolute Gasteiger partial charge is 0.196 e. The van der Waals surface area contributed by atoms with Crippen LogP contribution in [0.15, 0.2) is 29.3 Å². The molecule has 0 saturated heterocycles. The molecule has 2 unspecified atom stereocenters. The molecule has 3 aliphatic rings. The molecule has 2 saturated carbocycles. The van der Waals surface area contributed by atoms with E-state index in [0.29, 0.717) is 5.96 Å². The first kappa shape index (κ1) is 13.4. The molecule has 1 heterocycles. The minimum atomic E-state index is 0.0975. The molecule has 3 nitrogen and oxygen atoms in total. The van der Waals surface area contributed by atoms with Gasteiger partial charge in [-0.05, 0) is 55.7 Å². The summed E-state index contributed by atoms with van der Waals surface area (Å²) in [6.07, 6.45) is 7.94. The van der Waals surface area contributed by atoms with E-state index < -0.39 is 0 Å². The van der Waals surface area contributed by atoms with E-state index in [4.69, 9.17) is 17.3 Å². The summed E-state index contributed by atoms with van der Waals surface area (Å²) >= 11 is 6.18. The van der Waals surface area contributed by atoms with Gasteiger partial charge in [0.05, 0.1) is 12.1 Å². The standard InChI is InChI=1S/C17H22ClN3/c18-14-4-1-5-15(9-14)21-16(19)20-11-17(21)8-2-3-13(10-17)12-6-7-12/h1,4-5,9,12-13H,2-3,6-8,10-11H2,(H2,19,20). The number of halogens is 1. The lowest BCUT2D eigenvalue weighted by atomic mass is 9.73. The first-order chi connectivity index (χ1) is 10.2. The van der Waals surface area contributed by atoms with Gasteiger partial charge in [-0.1, -0.05) is 30.5 Å². The second-order valence-electron chi connectivity index (χ2n) is 6.91. The molecule has 1 aliphatic heterocycles. The van der Waals surface area contributed by atoms with Crippen molar-refractivity contribution in [3.05, 3.63) is 29.3 Å². The average molecular weight is 304 g/mol. The van der Waals surface area contributed by atoms with Crippen molar-refractivity contribution in [2.24, 2.45) is 22.6 Å². The number of guanidine groups is 1. The van der Waals surface area contributed by atoms with Gasteiger partial charge in [0.15, 0.2) is 5.96 Å². The molecule has 1 aromatic rings. The van der Waals surface area contributed by atoms with E-state index in [1.165, 1.54) is 38.5 Å². The third kappa shape index (κ3) is 2.32. The van der Waals surface area contributed by atoms with Crippen molar-refractivity contribution in [3.63, 3.8) is 0 Å². The van der Waals surface area contributed by atoms with Gasteiger partial charge in [-0.25, -0.2) is 0 Å². The zero-order chi connectivity index (χ0) is 14.4. The van der Waals surface area contributed by atoms with E-state index in [2.05, 4.69) is 16.0 Å². The fourth-order valence-corrected chi connectivity index (χ4v) is 4.52. The maximum absolute atomic E-state index is 6.24. The summed E-state index contributed by atoms with van der Waals surface area (Å²) in [6.45, 7) is 0.842. The number of benzene rings is 1. The third-order valence-corrected chi connectivity index (χ3v) is 5.69. The number of aliphatic imine (C=N–C) groups is 1. The molecule has 4 rings (SSSR count). The van der Waals surface area contributed by atoms with Gasteiger partial charge < -0.3 is 10.6 Å². The number of rotatable bonds is 2. The first-order valence-electron chi connectivity index (χ1n) is 8.04. The van der Waals surface area contributed by atoms with Crippen LogP contribution >= 0.6 is 11.6 Å². The van der Waals surface area contributed by atoms with Gasteiger partial charge in [-0.3, -0.25) is 4.99 Å². The van der Waals surface area contributed by atoms with Crippen LogP contribution in [-0.4, -0.2) is 18.0 Å². The summed E-state index contributed by atoms with van der Waals surface area (Å²) in [5.74, 6) is 2.49. The number of nitrogens with two attached hydrogens (primary N) is 1. The molecular weight excluding hydrogens is 282 g/mol. The Morgan fingerprint density at radius 1 is 1.24 bits per heavy atom. The molecule has 1 spiro atoms. The van der Waals surface area contributed by atoms with Crippen LogP contribution in [0.1, 0.15) is 38.5 Å². The number of hydrogen-bond acceptors (Lipinski definition) is 3. The molecule has 0 aromatic heterocycles. The Morgan fingerprint density at radius 2 is 2.10 bits per heavy atom. The second kappa shape index (κ2) is 4.91. The van der Waals surface area contributed by atoms with Crippen molar-refractivity contribution in [2.45, 2.75) is 44.1 Å². The largest absolute Gasteiger partial charge is 0.369 e. The number of nitrogens with zero attached hydrogens (tertiary/aromatic N) is 2. The second-order valence-corrected chi connectivity index (χ2v) is 7.34. The molecular formula is C17H22ClN3. The summed E-state index contributed by atoms with van der Waals surface area (Å²) in [7, 11) is 0. The highest BCUT2D eigenvalue weighted by molar-refractivity contribution is 6.31. The summed E-state index contributed by atoms with van der Waals surface area (Å²) < 4.78 is 0. The molecule has 0 bridgehead atoms. The average Bonchev–Trinajstić information content (AvgIpc) is 3.26. The van der Waals surface area contributed by atoms with E-state index in [1.807, 2.05) is 18.2 Å². The number of hydrogen-bond donors (Lipinski definition) is 1. The molecule has 21 heavy (non-hydrogen) atoms. The SMILES string of the molecule is NC1=NCC2(CCCC(C3CC3)C2)N1c1cccc(Cl)c1. The Hall–Kier alpha value is -1.22. The van der Waals surface area contributed by atoms with Gasteiger partial charge in [0.1, 0.15) is 0 Å². The van der Waals surface area contributed by atoms with Crippen LogP contribution in [0.3, 0.4) is 0 Å². The van der Waals surface area contributed by atoms with Gasteiger partial charge in [-0.2, -0.15) is 0 Å². The Balaban J connectivity index is 1.67. The Morgan fingerprint density at radius 3 is 2.86 bits per heavy atom. The Labute approximate surface area is 131 Å². The van der Waals surface area contributed by atoms with Crippen LogP contribution < -0.4 is 10.6 Å². The Bertz CT molecular complexity index is 581. The van der Waals surface area contributed by atoms with Crippen LogP contribution in [0.2, 0.25) is 5.02 Å². The Kier molecular flexibility index (Phi) is 3.14. The van der Waals surface area contributed by atoms with Crippen LogP contribution in [0.5, 0.6) is 0 Å². The molecule has 2 fully saturated rings. The van der Waals surface area contributed by atoms with Gasteiger partial charge in [0.2, 0.25) is 0 Å². The zero-order valence-electron chi connectivity index (χ0n) is 12.3. The molecule has 0 amide bonds. The third-order valence-electron chi connectivity index (χ3n) is 5.45. The van der Waals surface area contributed by atoms with Crippen molar-refractivity contribution in [1.82, 2.24) is 0 Å². The van der Waals surface area contributed by atoms with Crippen LogP contribution in [0.25, 0.3) is 0 Å². The maximum atomic E-state index is 6.24. The first-order valence-corrected chi connectivity index (χ1v) is 8.41. The van der Waals surface area contributed by atoms with Gasteiger partial charge >= 0.3 is 0 Å². The highest BCUT2D eigenvalue weighted by atomic mass is 35.5. The quantitative estimate of drug-likeness (QED) is 0.902. The summed E-state index contributed by atoms with van der Waals surface area (Å²) in [5, 5.41) is 0.761. The van der Waals surface area contributed by atoms with E-state index in [1.54, 1.807) is 0 Å². The topological polar surface area (TPSA) is 41.6 Å². The predicted molar refractivity (Wildman–Crippen MR) is 87.8 cm³/mol.